The third kappa shape index (κ3) is 7.80. The van der Waals surface area contributed by atoms with E-state index in [1.165, 1.54) is 33.5 Å². The monoisotopic (exact) mass is 892 g/mol. The third-order valence-corrected chi connectivity index (χ3v) is 11.9. The maximum absolute atomic E-state index is 8.04. The van der Waals surface area contributed by atoms with E-state index in [4.69, 9.17) is 8.53 Å². The van der Waals surface area contributed by atoms with Gasteiger partial charge in [0.2, 0.25) is 0 Å². The van der Waals surface area contributed by atoms with Crippen LogP contribution < -0.4 is 5.19 Å². The van der Waals surface area contributed by atoms with Crippen LogP contribution >= 0.6 is 0 Å². The average Bonchev–Trinajstić information content (AvgIpc) is 3.50. The normalized spacial score (nSPS) is 13.3. The second kappa shape index (κ2) is 14.4. The van der Waals surface area contributed by atoms with Crippen LogP contribution in [0, 0.1) is 19.0 Å². The summed E-state index contributed by atoms with van der Waals surface area (Å²) in [4.78, 5) is 9.00. The Morgan fingerprint density at radius 2 is 1.38 bits per heavy atom. The molecule has 0 spiro atoms. The molecule has 0 aliphatic carbocycles. The Hall–Kier alpha value is -4.41. The van der Waals surface area contributed by atoms with Gasteiger partial charge in [-0.1, -0.05) is 114 Å². The molecule has 8 rings (SSSR count). The molecule has 53 heavy (non-hydrogen) atoms. The number of nitrogens with zero attached hydrogens (tertiary/aromatic N) is 2. The zero-order valence-electron chi connectivity index (χ0n) is 35.0. The molecule has 0 fully saturated rings. The van der Waals surface area contributed by atoms with Gasteiger partial charge in [-0.15, -0.1) is 54.1 Å². The fourth-order valence-corrected chi connectivity index (χ4v) is 8.20. The number of aromatic nitrogens is 2. The van der Waals surface area contributed by atoms with E-state index in [-0.39, 0.29) is 30.9 Å². The fourth-order valence-electron chi connectivity index (χ4n) is 6.76. The quantitative estimate of drug-likeness (QED) is 0.101. The summed E-state index contributed by atoms with van der Waals surface area (Å²) < 4.78 is 30.7. The first-order valence-corrected chi connectivity index (χ1v) is 21.5. The van der Waals surface area contributed by atoms with Crippen molar-refractivity contribution in [2.45, 2.75) is 78.9 Å². The number of rotatable bonds is 3. The van der Waals surface area contributed by atoms with Crippen LogP contribution in [0.4, 0.5) is 0 Å². The van der Waals surface area contributed by atoms with Crippen LogP contribution in [0.25, 0.3) is 66.0 Å². The number of furan rings is 1. The fraction of sp³-hybridized carbons (Fsp3) is 0.250. The molecule has 0 aliphatic rings. The van der Waals surface area contributed by atoms with Crippen molar-refractivity contribution in [2.75, 3.05) is 0 Å². The molecular weight excluding hydrogens is 841 g/mol. The van der Waals surface area contributed by atoms with E-state index in [2.05, 4.69) is 138 Å². The van der Waals surface area contributed by atoms with Gasteiger partial charge in [0.25, 0.3) is 0 Å². The van der Waals surface area contributed by atoms with Crippen molar-refractivity contribution >= 4 is 56.7 Å². The molecule has 0 aliphatic heterocycles. The first kappa shape index (κ1) is 34.4. The molecule has 8 aromatic rings. The van der Waals surface area contributed by atoms with Crippen LogP contribution in [0.5, 0.6) is 0 Å². The van der Waals surface area contributed by atoms with Gasteiger partial charge in [-0.2, -0.15) is 0 Å². The Labute approximate surface area is 333 Å². The first-order chi connectivity index (χ1) is 25.8. The largest absolute Gasteiger partial charge is 0.501 e. The number of hydrogen-bond acceptors (Lipinski definition) is 3. The predicted octanol–water partition coefficient (Wildman–Crippen LogP) is 12.7. The van der Waals surface area contributed by atoms with Crippen molar-refractivity contribution < 1.29 is 28.6 Å². The molecule has 0 unspecified atom stereocenters. The summed E-state index contributed by atoms with van der Waals surface area (Å²) in [6.45, 7) is 17.6. The van der Waals surface area contributed by atoms with E-state index in [9.17, 15) is 0 Å². The van der Waals surface area contributed by atoms with Gasteiger partial charge in [0, 0.05) is 42.0 Å². The molecule has 0 amide bonds. The van der Waals surface area contributed by atoms with Gasteiger partial charge < -0.3 is 14.4 Å². The zero-order chi connectivity index (χ0) is 39.5. The first-order valence-electron chi connectivity index (χ1n) is 19.5. The van der Waals surface area contributed by atoms with Crippen molar-refractivity contribution in [2.24, 2.45) is 0 Å². The minimum atomic E-state index is -2.20. The van der Waals surface area contributed by atoms with Crippen molar-refractivity contribution in [3.05, 3.63) is 138 Å². The van der Waals surface area contributed by atoms with Gasteiger partial charge >= 0.3 is 0 Å². The van der Waals surface area contributed by atoms with Crippen molar-refractivity contribution in [1.29, 1.82) is 0 Å². The van der Waals surface area contributed by atoms with E-state index in [1.54, 1.807) is 0 Å². The van der Waals surface area contributed by atoms with E-state index in [0.717, 1.165) is 49.3 Å². The summed E-state index contributed by atoms with van der Waals surface area (Å²) in [6.07, 6.45) is 3.40. The van der Waals surface area contributed by atoms with Gasteiger partial charge in [0.15, 0.2) is 0 Å². The summed E-state index contributed by atoms with van der Waals surface area (Å²) >= 11 is 0. The van der Waals surface area contributed by atoms with Crippen molar-refractivity contribution in [1.82, 2.24) is 9.97 Å². The van der Waals surface area contributed by atoms with Gasteiger partial charge in [0.1, 0.15) is 5.58 Å². The smallest absolute Gasteiger partial charge is 0.121 e. The average molecular weight is 892 g/mol. The second-order valence-electron chi connectivity index (χ2n) is 16.8. The number of hydrogen-bond donors (Lipinski definition) is 0. The van der Waals surface area contributed by atoms with Crippen LogP contribution in [0.1, 0.15) is 62.3 Å². The van der Waals surface area contributed by atoms with Gasteiger partial charge in [-0.05, 0) is 91.6 Å². The Kier molecular flexibility index (Phi) is 9.36. The summed E-state index contributed by atoms with van der Waals surface area (Å²) in [5.74, 6) is 0. The SMILES string of the molecule is CC(C)(C)c1ccnc(-c2[c-]cccc2)c1.[2H]C([2H])([2H])c1cnc(-c2[c-]ccc3c2oc2cc4c(ccc5ccc(C(C)(C)C)cc54)cc23)cc1[Si](C)(C)C.[Ir]. The molecule has 1 radical (unpaired) electrons. The molecule has 3 aromatic heterocycles. The van der Waals surface area contributed by atoms with Crippen LogP contribution in [0.3, 0.4) is 0 Å². The number of fused-ring (bicyclic) bond motifs is 6. The maximum atomic E-state index is 8.04. The zero-order valence-corrected chi connectivity index (χ0v) is 35.4. The summed E-state index contributed by atoms with van der Waals surface area (Å²) in [5.41, 5.74) is 8.18. The number of pyridine rings is 2. The molecule has 271 valence electrons. The van der Waals surface area contributed by atoms with Crippen molar-refractivity contribution in [3.63, 3.8) is 0 Å². The Balaban J connectivity index is 0.000000263. The van der Waals surface area contributed by atoms with E-state index >= 15 is 0 Å². The predicted molar refractivity (Wildman–Crippen MR) is 224 cm³/mol. The molecule has 5 aromatic carbocycles. The summed E-state index contributed by atoms with van der Waals surface area (Å²) in [7, 11) is -1.97. The standard InChI is InChI=1S/C33H32NOSi.C15H16N.Ir/c1-20-19-34-29(18-31(20)36(5,6)7)25-10-8-9-24-28-15-22-12-11-21-13-14-23(33(2,3)4)16-26(21)27(22)17-30(28)35-32(24)25;1-15(2,3)13-9-10-16-14(11-13)12-7-5-4-6-8-12;/h8-9,11-19H,1-7H3;4-7,9-11H,1-3H3;/q2*-1;/i1D3;;. The van der Waals surface area contributed by atoms with Crippen LogP contribution in [-0.2, 0) is 30.9 Å². The molecule has 0 saturated heterocycles. The molecule has 3 nitrogen and oxygen atoms in total. The molecule has 0 bridgehead atoms. The second-order valence-corrected chi connectivity index (χ2v) is 21.9. The van der Waals surface area contributed by atoms with Crippen molar-refractivity contribution in [3.8, 4) is 22.5 Å². The van der Waals surface area contributed by atoms with Gasteiger partial charge in [-0.25, -0.2) is 0 Å². The van der Waals surface area contributed by atoms with E-state index in [1.807, 2.05) is 48.7 Å². The molecule has 5 heteroatoms. The van der Waals surface area contributed by atoms with E-state index in [0.29, 0.717) is 11.3 Å². The van der Waals surface area contributed by atoms with Gasteiger partial charge in [0.05, 0.1) is 13.7 Å². The Bertz CT molecular complexity index is 2700. The summed E-state index contributed by atoms with van der Waals surface area (Å²) in [5, 5.41) is 7.69. The summed E-state index contributed by atoms with van der Waals surface area (Å²) in [6, 6.07) is 40.0. The Morgan fingerprint density at radius 1 is 0.660 bits per heavy atom. The molecule has 0 atom stereocenters. The molecule has 3 heterocycles. The topological polar surface area (TPSA) is 38.9 Å². The molecule has 0 N–H and O–H groups in total. The minimum absolute atomic E-state index is 0. The van der Waals surface area contributed by atoms with Crippen LogP contribution in [0.2, 0.25) is 19.6 Å². The molecule has 0 saturated carbocycles. The van der Waals surface area contributed by atoms with Crippen LogP contribution in [0.15, 0.2) is 114 Å². The van der Waals surface area contributed by atoms with E-state index < -0.39 is 14.9 Å². The minimum Gasteiger partial charge on any atom is -0.501 e. The third-order valence-electron chi connectivity index (χ3n) is 9.83. The number of benzene rings is 5. The molecular formula is C48H48IrN2OSi-2. The van der Waals surface area contributed by atoms with Crippen LogP contribution in [-0.4, -0.2) is 18.0 Å². The number of aryl methyl sites for hydroxylation is 1. The van der Waals surface area contributed by atoms with Gasteiger partial charge in [-0.3, -0.25) is 0 Å². The Morgan fingerprint density at radius 3 is 2.08 bits per heavy atom. The maximum Gasteiger partial charge on any atom is 0.121 e.